The number of aromatic nitrogens is 2. The summed E-state index contributed by atoms with van der Waals surface area (Å²) < 4.78 is 1.74. The molecule has 0 atom stereocenters. The van der Waals surface area contributed by atoms with Gasteiger partial charge in [0, 0.05) is 62.5 Å². The van der Waals surface area contributed by atoms with Crippen LogP contribution in [0.1, 0.15) is 33.5 Å². The summed E-state index contributed by atoms with van der Waals surface area (Å²) in [5.74, 6) is -0.0396. The Balaban J connectivity index is 1.35. The molecule has 150 valence electrons. The third-order valence-corrected chi connectivity index (χ3v) is 6.19. The lowest BCUT2D eigenvalue weighted by molar-refractivity contribution is 0.0618. The standard InChI is InChI=1S/C22H24N4O2S/c1-16(27)18-12-20(24(2)13-18)22(28)26-10-8-25(9-11-26)14-19-15-29-21(23-19)17-6-4-3-5-7-17/h3-7,12-13,15H,8-11,14H2,1-2H3. The maximum absolute atomic E-state index is 12.8. The molecule has 0 N–H and O–H groups in total. The number of amides is 1. The summed E-state index contributed by atoms with van der Waals surface area (Å²) >= 11 is 1.67. The predicted molar refractivity (Wildman–Crippen MR) is 114 cm³/mol. The van der Waals surface area contributed by atoms with Crippen molar-refractivity contribution in [3.63, 3.8) is 0 Å². The van der Waals surface area contributed by atoms with Gasteiger partial charge in [-0.1, -0.05) is 30.3 Å². The van der Waals surface area contributed by atoms with E-state index in [-0.39, 0.29) is 11.7 Å². The fourth-order valence-corrected chi connectivity index (χ4v) is 4.38. The van der Waals surface area contributed by atoms with Crippen LogP contribution in [0.15, 0.2) is 48.0 Å². The molecular formula is C22H24N4O2S. The lowest BCUT2D eigenvalue weighted by atomic mass is 10.2. The van der Waals surface area contributed by atoms with Gasteiger partial charge in [-0.25, -0.2) is 4.98 Å². The Kier molecular flexibility index (Phi) is 5.60. The third-order valence-electron chi connectivity index (χ3n) is 5.25. The Hall–Kier alpha value is -2.77. The maximum Gasteiger partial charge on any atom is 0.270 e. The van der Waals surface area contributed by atoms with Gasteiger partial charge >= 0.3 is 0 Å². The molecule has 1 aliphatic heterocycles. The number of ketones is 1. The summed E-state index contributed by atoms with van der Waals surface area (Å²) in [5.41, 5.74) is 3.36. The Labute approximate surface area is 174 Å². The van der Waals surface area contributed by atoms with E-state index in [9.17, 15) is 9.59 Å². The van der Waals surface area contributed by atoms with Gasteiger partial charge in [-0.05, 0) is 13.0 Å². The second-order valence-electron chi connectivity index (χ2n) is 7.36. The van der Waals surface area contributed by atoms with Crippen LogP contribution in [-0.2, 0) is 13.6 Å². The third kappa shape index (κ3) is 4.31. The van der Waals surface area contributed by atoms with Gasteiger partial charge in [-0.3, -0.25) is 14.5 Å². The van der Waals surface area contributed by atoms with Gasteiger partial charge in [0.25, 0.3) is 5.91 Å². The topological polar surface area (TPSA) is 58.4 Å². The van der Waals surface area contributed by atoms with Crippen LogP contribution < -0.4 is 0 Å². The van der Waals surface area contributed by atoms with Crippen molar-refractivity contribution < 1.29 is 9.59 Å². The Morgan fingerprint density at radius 3 is 2.48 bits per heavy atom. The van der Waals surface area contributed by atoms with E-state index in [1.807, 2.05) is 30.1 Å². The lowest BCUT2D eigenvalue weighted by Crippen LogP contribution is -2.48. The van der Waals surface area contributed by atoms with E-state index in [1.54, 1.807) is 28.2 Å². The van der Waals surface area contributed by atoms with Crippen molar-refractivity contribution >= 4 is 23.0 Å². The molecule has 6 nitrogen and oxygen atoms in total. The van der Waals surface area contributed by atoms with Crippen LogP contribution in [0.5, 0.6) is 0 Å². The van der Waals surface area contributed by atoms with Crippen molar-refractivity contribution in [2.24, 2.45) is 7.05 Å². The van der Waals surface area contributed by atoms with Crippen LogP contribution in [0.3, 0.4) is 0 Å². The molecule has 0 saturated carbocycles. The fourth-order valence-electron chi connectivity index (χ4n) is 3.56. The molecule has 0 aliphatic carbocycles. The highest BCUT2D eigenvalue weighted by Crippen LogP contribution is 2.24. The minimum atomic E-state index is -0.0254. The van der Waals surface area contributed by atoms with Crippen LogP contribution in [0, 0.1) is 0 Å². The van der Waals surface area contributed by atoms with Crippen LogP contribution in [0.4, 0.5) is 0 Å². The second kappa shape index (κ2) is 8.31. The average molecular weight is 409 g/mol. The zero-order valence-corrected chi connectivity index (χ0v) is 17.5. The number of thiazole rings is 1. The first-order valence-electron chi connectivity index (χ1n) is 9.70. The number of piperazine rings is 1. The molecular weight excluding hydrogens is 384 g/mol. The number of Topliss-reactive ketones (excluding diaryl/α,β-unsaturated/α-hetero) is 1. The minimum Gasteiger partial charge on any atom is -0.346 e. The van der Waals surface area contributed by atoms with Gasteiger partial charge in [0.1, 0.15) is 10.7 Å². The minimum absolute atomic E-state index is 0.0142. The zero-order chi connectivity index (χ0) is 20.4. The van der Waals surface area contributed by atoms with Crippen LogP contribution >= 0.6 is 11.3 Å². The fraction of sp³-hybridized carbons (Fsp3) is 0.318. The molecule has 3 heterocycles. The molecule has 0 spiro atoms. The quantitative estimate of drug-likeness (QED) is 0.608. The number of rotatable bonds is 5. The Morgan fingerprint density at radius 2 is 1.83 bits per heavy atom. The molecule has 3 aromatic rings. The van der Waals surface area contributed by atoms with Crippen LogP contribution in [-0.4, -0.2) is 57.2 Å². The van der Waals surface area contributed by atoms with Crippen molar-refractivity contribution in [1.82, 2.24) is 19.4 Å². The first kappa shape index (κ1) is 19.5. The summed E-state index contributed by atoms with van der Waals surface area (Å²) in [7, 11) is 1.81. The monoisotopic (exact) mass is 408 g/mol. The number of benzene rings is 1. The summed E-state index contributed by atoms with van der Waals surface area (Å²) in [4.78, 5) is 33.4. The van der Waals surface area contributed by atoms with Gasteiger partial charge in [-0.2, -0.15) is 0 Å². The van der Waals surface area contributed by atoms with Gasteiger partial charge in [-0.15, -0.1) is 11.3 Å². The van der Waals surface area contributed by atoms with Gasteiger partial charge < -0.3 is 9.47 Å². The van der Waals surface area contributed by atoms with E-state index in [0.29, 0.717) is 24.3 Å². The van der Waals surface area contributed by atoms with Crippen molar-refractivity contribution in [3.05, 3.63) is 64.9 Å². The molecule has 0 unspecified atom stereocenters. The van der Waals surface area contributed by atoms with E-state index in [1.165, 1.54) is 6.92 Å². The van der Waals surface area contributed by atoms with Crippen molar-refractivity contribution in [1.29, 1.82) is 0 Å². The normalized spacial score (nSPS) is 14.9. The Morgan fingerprint density at radius 1 is 1.10 bits per heavy atom. The van der Waals surface area contributed by atoms with Crippen molar-refractivity contribution in [3.8, 4) is 10.6 Å². The first-order valence-corrected chi connectivity index (χ1v) is 10.6. The van der Waals surface area contributed by atoms with E-state index in [2.05, 4.69) is 22.4 Å². The molecule has 2 aromatic heterocycles. The highest BCUT2D eigenvalue weighted by molar-refractivity contribution is 7.13. The molecule has 1 amide bonds. The number of carbonyl (C=O) groups excluding carboxylic acids is 2. The summed E-state index contributed by atoms with van der Waals surface area (Å²) in [6.07, 6.45) is 1.72. The van der Waals surface area contributed by atoms with E-state index in [0.717, 1.165) is 35.9 Å². The summed E-state index contributed by atoms with van der Waals surface area (Å²) in [6.45, 7) is 5.29. The smallest absolute Gasteiger partial charge is 0.270 e. The van der Waals surface area contributed by atoms with Gasteiger partial charge in [0.15, 0.2) is 5.78 Å². The van der Waals surface area contributed by atoms with E-state index >= 15 is 0 Å². The van der Waals surface area contributed by atoms with Gasteiger partial charge in [0.05, 0.1) is 5.69 Å². The second-order valence-corrected chi connectivity index (χ2v) is 8.22. The van der Waals surface area contributed by atoms with Crippen molar-refractivity contribution in [2.75, 3.05) is 26.2 Å². The highest BCUT2D eigenvalue weighted by Gasteiger charge is 2.25. The van der Waals surface area contributed by atoms with Gasteiger partial charge in [0.2, 0.25) is 0 Å². The average Bonchev–Trinajstić information content (AvgIpc) is 3.35. The number of hydrogen-bond acceptors (Lipinski definition) is 5. The predicted octanol–water partition coefficient (Wildman–Crippen LogP) is 3.31. The van der Waals surface area contributed by atoms with Crippen molar-refractivity contribution in [2.45, 2.75) is 13.5 Å². The SMILES string of the molecule is CC(=O)c1cc(C(=O)N2CCN(Cc3csc(-c4ccccc4)n3)CC2)n(C)c1. The number of nitrogens with zero attached hydrogens (tertiary/aromatic N) is 4. The molecule has 29 heavy (non-hydrogen) atoms. The number of carbonyl (C=O) groups is 2. The number of aryl methyl sites for hydroxylation is 1. The number of hydrogen-bond donors (Lipinski definition) is 0. The first-order chi connectivity index (χ1) is 14.0. The molecule has 1 aromatic carbocycles. The Bertz CT molecular complexity index is 1020. The molecule has 0 bridgehead atoms. The molecule has 7 heteroatoms. The summed E-state index contributed by atoms with van der Waals surface area (Å²) in [5, 5.41) is 3.16. The summed E-state index contributed by atoms with van der Waals surface area (Å²) in [6, 6.07) is 11.9. The van der Waals surface area contributed by atoms with Crippen LogP contribution in [0.2, 0.25) is 0 Å². The van der Waals surface area contributed by atoms with Crippen LogP contribution in [0.25, 0.3) is 10.6 Å². The largest absolute Gasteiger partial charge is 0.346 e. The van der Waals surface area contributed by atoms with E-state index in [4.69, 9.17) is 4.98 Å². The maximum atomic E-state index is 12.8. The highest BCUT2D eigenvalue weighted by atomic mass is 32.1. The van der Waals surface area contributed by atoms with E-state index < -0.39 is 0 Å². The lowest BCUT2D eigenvalue weighted by Gasteiger charge is -2.34. The molecule has 4 rings (SSSR count). The molecule has 1 saturated heterocycles. The molecule has 0 radical (unpaired) electrons. The molecule has 1 aliphatic rings. The zero-order valence-electron chi connectivity index (χ0n) is 16.7. The molecule has 1 fully saturated rings.